The molecule has 1 aliphatic heterocycles. The number of nitrogens with zero attached hydrogens (tertiary/aromatic N) is 1. The Morgan fingerprint density at radius 1 is 0.941 bits per heavy atom. The van der Waals surface area contributed by atoms with E-state index in [9.17, 15) is 22.8 Å². The normalized spacial score (nSPS) is 13.1. The van der Waals surface area contributed by atoms with Gasteiger partial charge in [-0.15, -0.1) is 0 Å². The average Bonchev–Trinajstić information content (AvgIpc) is 3.05. The minimum atomic E-state index is -3.98. The minimum absolute atomic E-state index is 0.0226. The quantitative estimate of drug-likeness (QED) is 0.478. The summed E-state index contributed by atoms with van der Waals surface area (Å²) in [4.78, 5) is 38.4. The number of amides is 3. The molecule has 3 aromatic carbocycles. The summed E-state index contributed by atoms with van der Waals surface area (Å²) in [6.45, 7) is 1.54. The molecule has 0 unspecified atom stereocenters. The number of anilines is 2. The summed E-state index contributed by atoms with van der Waals surface area (Å²) < 4.78 is 28.3. The Morgan fingerprint density at radius 2 is 1.56 bits per heavy atom. The predicted octanol–water partition coefficient (Wildman–Crippen LogP) is 4.07. The molecule has 0 bridgehead atoms. The number of carbonyl (C=O) groups is 3. The zero-order valence-electron chi connectivity index (χ0n) is 18.0. The highest BCUT2D eigenvalue weighted by molar-refractivity contribution is 7.92. The Morgan fingerprint density at radius 3 is 2.21 bits per heavy atom. The van der Waals surface area contributed by atoms with Gasteiger partial charge < -0.3 is 5.32 Å². The number of hydrogen-bond donors (Lipinski definition) is 2. The molecule has 10 heteroatoms. The summed E-state index contributed by atoms with van der Waals surface area (Å²) >= 11 is 6.06. The lowest BCUT2D eigenvalue weighted by atomic mass is 10.1. The Kier molecular flexibility index (Phi) is 6.41. The van der Waals surface area contributed by atoms with Crippen LogP contribution in [0, 0.1) is 6.92 Å². The maximum absolute atomic E-state index is 12.9. The van der Waals surface area contributed by atoms with Gasteiger partial charge in [-0.2, -0.15) is 0 Å². The molecule has 0 spiro atoms. The number of fused-ring (bicyclic) bond motifs is 1. The maximum Gasteiger partial charge on any atom is 0.262 e. The highest BCUT2D eigenvalue weighted by atomic mass is 35.5. The molecular weight excluding hydrogens is 478 g/mol. The molecule has 3 amide bonds. The van der Waals surface area contributed by atoms with Gasteiger partial charge >= 0.3 is 0 Å². The van der Waals surface area contributed by atoms with Crippen molar-refractivity contribution in [1.29, 1.82) is 0 Å². The zero-order valence-corrected chi connectivity index (χ0v) is 19.6. The van der Waals surface area contributed by atoms with Crippen LogP contribution >= 0.6 is 11.6 Å². The largest absolute Gasteiger partial charge is 0.326 e. The maximum atomic E-state index is 12.9. The summed E-state index contributed by atoms with van der Waals surface area (Å²) in [6, 6.07) is 17.4. The van der Waals surface area contributed by atoms with Crippen molar-refractivity contribution in [2.75, 3.05) is 16.6 Å². The van der Waals surface area contributed by atoms with Gasteiger partial charge in [0.2, 0.25) is 5.91 Å². The van der Waals surface area contributed by atoms with Crippen LogP contribution in [0.15, 0.2) is 71.6 Å². The third-order valence-electron chi connectivity index (χ3n) is 5.32. The number of hydrogen-bond acceptors (Lipinski definition) is 5. The number of aryl methyl sites for hydroxylation is 1. The van der Waals surface area contributed by atoms with Crippen LogP contribution in [0.1, 0.15) is 32.7 Å². The molecule has 8 nitrogen and oxygen atoms in total. The van der Waals surface area contributed by atoms with Crippen molar-refractivity contribution in [1.82, 2.24) is 4.90 Å². The fourth-order valence-corrected chi connectivity index (χ4v) is 5.18. The van der Waals surface area contributed by atoms with E-state index >= 15 is 0 Å². The number of nitrogens with one attached hydrogen (secondary N) is 2. The number of benzene rings is 3. The van der Waals surface area contributed by atoms with Crippen LogP contribution in [0.4, 0.5) is 11.4 Å². The van der Waals surface area contributed by atoms with Crippen molar-refractivity contribution in [3.8, 4) is 0 Å². The van der Waals surface area contributed by atoms with Gasteiger partial charge in [0.15, 0.2) is 0 Å². The van der Waals surface area contributed by atoms with Crippen LogP contribution in [0.3, 0.4) is 0 Å². The molecular formula is C24H20ClN3O5S. The molecule has 0 aromatic heterocycles. The van der Waals surface area contributed by atoms with E-state index in [1.54, 1.807) is 67.6 Å². The minimum Gasteiger partial charge on any atom is -0.326 e. The van der Waals surface area contributed by atoms with Gasteiger partial charge in [0.05, 0.1) is 26.7 Å². The van der Waals surface area contributed by atoms with Crippen molar-refractivity contribution in [3.63, 3.8) is 0 Å². The molecule has 1 heterocycles. The Labute approximate surface area is 201 Å². The van der Waals surface area contributed by atoms with E-state index in [0.29, 0.717) is 16.7 Å². The number of carbonyl (C=O) groups excluding carboxylic acids is 3. The van der Waals surface area contributed by atoms with E-state index in [0.717, 1.165) is 4.90 Å². The van der Waals surface area contributed by atoms with Gasteiger partial charge in [0.1, 0.15) is 0 Å². The number of para-hydroxylation sites is 1. The van der Waals surface area contributed by atoms with Crippen LogP contribution < -0.4 is 10.0 Å². The molecule has 4 rings (SSSR count). The number of halogens is 1. The number of sulfonamides is 1. The third-order valence-corrected chi connectivity index (χ3v) is 7.16. The van der Waals surface area contributed by atoms with Crippen molar-refractivity contribution >= 4 is 50.7 Å². The van der Waals surface area contributed by atoms with Crippen molar-refractivity contribution < 1.29 is 22.8 Å². The summed E-state index contributed by atoms with van der Waals surface area (Å²) in [6.07, 6.45) is -0.140. The lowest BCUT2D eigenvalue weighted by Gasteiger charge is -2.15. The first-order valence-electron chi connectivity index (χ1n) is 10.3. The summed E-state index contributed by atoms with van der Waals surface area (Å²) in [5.74, 6) is -1.35. The van der Waals surface area contributed by atoms with E-state index in [1.165, 1.54) is 6.07 Å². The molecule has 0 saturated carbocycles. The first-order chi connectivity index (χ1) is 16.2. The second-order valence-corrected chi connectivity index (χ2v) is 9.73. The second-order valence-electron chi connectivity index (χ2n) is 7.67. The standard InChI is InChI=1S/C24H20ClN3O5S/c1-15-10-11-16(14-21(15)34(32,33)27-20-9-5-4-8-19(20)25)26-22(29)12-13-28-23(30)17-6-2-3-7-18(17)24(28)31/h2-11,14,27H,12-13H2,1H3,(H,26,29). The van der Waals surface area contributed by atoms with Crippen LogP contribution in [-0.2, 0) is 14.8 Å². The predicted molar refractivity (Wildman–Crippen MR) is 128 cm³/mol. The monoisotopic (exact) mass is 497 g/mol. The molecule has 2 N–H and O–H groups in total. The average molecular weight is 498 g/mol. The smallest absolute Gasteiger partial charge is 0.262 e. The fraction of sp³-hybridized carbons (Fsp3) is 0.125. The summed E-state index contributed by atoms with van der Waals surface area (Å²) in [7, 11) is -3.98. The van der Waals surface area contributed by atoms with Crippen molar-refractivity contribution in [3.05, 3.63) is 88.4 Å². The first kappa shape index (κ1) is 23.5. The molecule has 0 fully saturated rings. The Balaban J connectivity index is 1.44. The molecule has 0 radical (unpaired) electrons. The van der Waals surface area contributed by atoms with Crippen molar-refractivity contribution in [2.45, 2.75) is 18.2 Å². The van der Waals surface area contributed by atoms with Gasteiger partial charge in [0, 0.05) is 18.7 Å². The lowest BCUT2D eigenvalue weighted by Crippen LogP contribution is -2.32. The Bertz CT molecular complexity index is 1390. The second kappa shape index (κ2) is 9.28. The van der Waals surface area contributed by atoms with Gasteiger partial charge in [-0.1, -0.05) is 41.9 Å². The number of imide groups is 1. The van der Waals surface area contributed by atoms with Crippen LogP contribution in [-0.4, -0.2) is 37.6 Å². The molecule has 0 aliphatic carbocycles. The first-order valence-corrected chi connectivity index (χ1v) is 12.2. The van der Waals surface area contributed by atoms with E-state index in [4.69, 9.17) is 11.6 Å². The van der Waals surface area contributed by atoms with E-state index in [-0.39, 0.29) is 34.3 Å². The lowest BCUT2D eigenvalue weighted by molar-refractivity contribution is -0.116. The van der Waals surface area contributed by atoms with Gasteiger partial charge in [0.25, 0.3) is 21.8 Å². The molecule has 34 heavy (non-hydrogen) atoms. The van der Waals surface area contributed by atoms with Gasteiger partial charge in [-0.25, -0.2) is 8.42 Å². The van der Waals surface area contributed by atoms with Gasteiger partial charge in [-0.3, -0.25) is 24.0 Å². The van der Waals surface area contributed by atoms with E-state index < -0.39 is 27.7 Å². The van der Waals surface area contributed by atoms with Crippen LogP contribution in [0.5, 0.6) is 0 Å². The zero-order chi connectivity index (χ0) is 24.5. The SMILES string of the molecule is Cc1ccc(NC(=O)CCN2C(=O)c3ccccc3C2=O)cc1S(=O)(=O)Nc1ccccc1Cl. The fourth-order valence-electron chi connectivity index (χ4n) is 3.59. The molecule has 174 valence electrons. The Hall–Kier alpha value is -3.69. The highest BCUT2D eigenvalue weighted by Crippen LogP contribution is 2.27. The molecule has 1 aliphatic rings. The molecule has 0 saturated heterocycles. The van der Waals surface area contributed by atoms with E-state index in [2.05, 4.69) is 10.0 Å². The van der Waals surface area contributed by atoms with Crippen molar-refractivity contribution in [2.24, 2.45) is 0 Å². The van der Waals surface area contributed by atoms with Gasteiger partial charge in [-0.05, 0) is 48.9 Å². The third kappa shape index (κ3) is 4.66. The molecule has 3 aromatic rings. The highest BCUT2D eigenvalue weighted by Gasteiger charge is 2.35. The summed E-state index contributed by atoms with van der Waals surface area (Å²) in [5, 5.41) is 2.88. The topological polar surface area (TPSA) is 113 Å². The summed E-state index contributed by atoms with van der Waals surface area (Å²) in [5.41, 5.74) is 1.60. The molecule has 0 atom stereocenters. The number of rotatable bonds is 7. The van der Waals surface area contributed by atoms with Crippen LogP contribution in [0.25, 0.3) is 0 Å². The van der Waals surface area contributed by atoms with Crippen LogP contribution in [0.2, 0.25) is 5.02 Å². The van der Waals surface area contributed by atoms with E-state index in [1.807, 2.05) is 0 Å².